The summed E-state index contributed by atoms with van der Waals surface area (Å²) in [5.41, 5.74) is 1.29. The molecule has 3 aromatic carbocycles. The molecule has 3 aromatic rings. The number of sulfonamides is 1. The Morgan fingerprint density at radius 3 is 2.10 bits per heavy atom. The van der Waals surface area contributed by atoms with Crippen molar-refractivity contribution >= 4 is 27.5 Å². The van der Waals surface area contributed by atoms with Crippen molar-refractivity contribution in [1.82, 2.24) is 10.2 Å². The highest BCUT2D eigenvalue weighted by Gasteiger charge is 2.33. The molecule has 1 unspecified atom stereocenters. The van der Waals surface area contributed by atoms with Gasteiger partial charge in [0.2, 0.25) is 11.8 Å². The van der Waals surface area contributed by atoms with E-state index in [9.17, 15) is 22.4 Å². The van der Waals surface area contributed by atoms with Gasteiger partial charge in [-0.2, -0.15) is 0 Å². The Hall–Kier alpha value is -3.72. The average Bonchev–Trinajstić information content (AvgIpc) is 2.95. The second-order valence-corrected chi connectivity index (χ2v) is 11.1. The molecule has 0 radical (unpaired) electrons. The smallest absolute Gasteiger partial charge is 0.264 e. The van der Waals surface area contributed by atoms with Gasteiger partial charge in [0.1, 0.15) is 18.4 Å². The third kappa shape index (κ3) is 8.13. The SMILES string of the molecule is CCCCNC(=O)C(CC)N(CCc1ccccc1)C(=O)CN(c1ccccc1)S(=O)(=O)c1ccc(F)cc1. The van der Waals surface area contributed by atoms with Crippen LogP contribution in [0.2, 0.25) is 0 Å². The number of amides is 2. The van der Waals surface area contributed by atoms with Crippen LogP contribution in [0.25, 0.3) is 0 Å². The molecule has 0 saturated carbocycles. The van der Waals surface area contributed by atoms with Gasteiger partial charge in [-0.15, -0.1) is 0 Å². The Morgan fingerprint density at radius 1 is 0.897 bits per heavy atom. The molecule has 0 heterocycles. The number of benzene rings is 3. The Labute approximate surface area is 230 Å². The predicted octanol–water partition coefficient (Wildman–Crippen LogP) is 4.79. The van der Waals surface area contributed by atoms with Crippen LogP contribution >= 0.6 is 0 Å². The lowest BCUT2D eigenvalue weighted by Crippen LogP contribution is -2.53. The summed E-state index contributed by atoms with van der Waals surface area (Å²) < 4.78 is 41.9. The van der Waals surface area contributed by atoms with Crippen molar-refractivity contribution < 1.29 is 22.4 Å². The molecule has 0 saturated heterocycles. The number of hydrogen-bond acceptors (Lipinski definition) is 4. The van der Waals surface area contributed by atoms with Gasteiger partial charge in [0.05, 0.1) is 10.6 Å². The van der Waals surface area contributed by atoms with Crippen LogP contribution in [0.15, 0.2) is 89.8 Å². The first kappa shape index (κ1) is 29.8. The van der Waals surface area contributed by atoms with Crippen molar-refractivity contribution in [3.63, 3.8) is 0 Å². The minimum Gasteiger partial charge on any atom is -0.354 e. The lowest BCUT2D eigenvalue weighted by Gasteiger charge is -2.33. The highest BCUT2D eigenvalue weighted by molar-refractivity contribution is 7.92. The molecule has 0 aromatic heterocycles. The van der Waals surface area contributed by atoms with Crippen molar-refractivity contribution in [2.45, 2.75) is 50.5 Å². The fourth-order valence-corrected chi connectivity index (χ4v) is 5.67. The third-order valence-electron chi connectivity index (χ3n) is 6.42. The number of anilines is 1. The van der Waals surface area contributed by atoms with E-state index in [4.69, 9.17) is 0 Å². The van der Waals surface area contributed by atoms with E-state index in [2.05, 4.69) is 5.32 Å². The topological polar surface area (TPSA) is 86.8 Å². The zero-order chi connectivity index (χ0) is 28.3. The van der Waals surface area contributed by atoms with Gasteiger partial charge in [-0.05, 0) is 61.2 Å². The molecule has 1 N–H and O–H groups in total. The number of rotatable bonds is 14. The number of carbonyl (C=O) groups excluding carboxylic acids is 2. The van der Waals surface area contributed by atoms with Crippen LogP contribution in [0.1, 0.15) is 38.7 Å². The summed E-state index contributed by atoms with van der Waals surface area (Å²) in [6.45, 7) is 4.08. The minimum absolute atomic E-state index is 0.138. The molecule has 9 heteroatoms. The maximum absolute atomic E-state index is 13.9. The van der Waals surface area contributed by atoms with Gasteiger partial charge in [0, 0.05) is 13.1 Å². The number of para-hydroxylation sites is 1. The summed E-state index contributed by atoms with van der Waals surface area (Å²) in [4.78, 5) is 28.4. The van der Waals surface area contributed by atoms with Gasteiger partial charge in [0.15, 0.2) is 0 Å². The molecule has 0 spiro atoms. The van der Waals surface area contributed by atoms with Crippen LogP contribution in [0.5, 0.6) is 0 Å². The number of hydrogen-bond donors (Lipinski definition) is 1. The number of halogens is 1. The minimum atomic E-state index is -4.22. The second-order valence-electron chi connectivity index (χ2n) is 9.19. The van der Waals surface area contributed by atoms with E-state index in [1.165, 1.54) is 17.0 Å². The van der Waals surface area contributed by atoms with Crippen LogP contribution in [0.3, 0.4) is 0 Å². The first-order chi connectivity index (χ1) is 18.8. The number of nitrogens with one attached hydrogen (secondary N) is 1. The Morgan fingerprint density at radius 2 is 1.51 bits per heavy atom. The number of nitrogens with zero attached hydrogens (tertiary/aromatic N) is 2. The molecule has 7 nitrogen and oxygen atoms in total. The normalized spacial score (nSPS) is 12.0. The molecular weight excluding hydrogens is 517 g/mol. The van der Waals surface area contributed by atoms with E-state index in [-0.39, 0.29) is 17.3 Å². The maximum Gasteiger partial charge on any atom is 0.264 e. The van der Waals surface area contributed by atoms with Crippen LogP contribution in [-0.2, 0) is 26.0 Å². The second kappa shape index (κ2) is 14.4. The molecule has 0 aliphatic heterocycles. The van der Waals surface area contributed by atoms with Gasteiger partial charge >= 0.3 is 0 Å². The molecule has 0 aliphatic rings. The van der Waals surface area contributed by atoms with Gasteiger partial charge in [-0.25, -0.2) is 12.8 Å². The van der Waals surface area contributed by atoms with Gasteiger partial charge < -0.3 is 10.2 Å². The number of carbonyl (C=O) groups is 2. The van der Waals surface area contributed by atoms with Crippen molar-refractivity contribution in [3.05, 3.63) is 96.3 Å². The van der Waals surface area contributed by atoms with E-state index in [0.717, 1.165) is 34.8 Å². The lowest BCUT2D eigenvalue weighted by molar-refractivity contribution is -0.139. The van der Waals surface area contributed by atoms with E-state index >= 15 is 0 Å². The first-order valence-corrected chi connectivity index (χ1v) is 14.7. The summed E-state index contributed by atoms with van der Waals surface area (Å²) in [5.74, 6) is -1.33. The fourth-order valence-electron chi connectivity index (χ4n) is 4.26. The maximum atomic E-state index is 13.9. The van der Waals surface area contributed by atoms with Gasteiger partial charge in [-0.3, -0.25) is 13.9 Å². The largest absolute Gasteiger partial charge is 0.354 e. The molecule has 1 atom stereocenters. The predicted molar refractivity (Wildman–Crippen MR) is 151 cm³/mol. The summed E-state index contributed by atoms with van der Waals surface area (Å²) in [6.07, 6.45) is 2.61. The van der Waals surface area contributed by atoms with Crippen molar-refractivity contribution in [3.8, 4) is 0 Å². The number of unbranched alkanes of at least 4 members (excludes halogenated alkanes) is 1. The molecule has 39 heavy (non-hydrogen) atoms. The monoisotopic (exact) mass is 553 g/mol. The molecular formula is C30H36FN3O4S. The van der Waals surface area contributed by atoms with Crippen LogP contribution in [0.4, 0.5) is 10.1 Å². The van der Waals surface area contributed by atoms with Crippen molar-refractivity contribution in [2.24, 2.45) is 0 Å². The highest BCUT2D eigenvalue weighted by Crippen LogP contribution is 2.24. The van der Waals surface area contributed by atoms with E-state index in [1.54, 1.807) is 30.3 Å². The van der Waals surface area contributed by atoms with Gasteiger partial charge in [-0.1, -0.05) is 68.8 Å². The lowest BCUT2D eigenvalue weighted by atomic mass is 10.1. The zero-order valence-corrected chi connectivity index (χ0v) is 23.2. The molecule has 0 bridgehead atoms. The quantitative estimate of drug-likeness (QED) is 0.291. The van der Waals surface area contributed by atoms with Crippen molar-refractivity contribution in [2.75, 3.05) is 23.9 Å². The standard InChI is InChI=1S/C30H36FN3O4S/c1-3-5-21-32-30(36)28(4-2)33(22-20-24-12-8-6-9-13-24)29(35)23-34(26-14-10-7-11-15-26)39(37,38)27-18-16-25(31)17-19-27/h6-19,28H,3-5,20-23H2,1-2H3,(H,32,36). The van der Waals surface area contributed by atoms with E-state index in [1.807, 2.05) is 44.2 Å². The van der Waals surface area contributed by atoms with Crippen molar-refractivity contribution in [1.29, 1.82) is 0 Å². The summed E-state index contributed by atoms with van der Waals surface area (Å²) in [7, 11) is -4.22. The van der Waals surface area contributed by atoms with Crippen LogP contribution < -0.4 is 9.62 Å². The van der Waals surface area contributed by atoms with E-state index in [0.29, 0.717) is 25.1 Å². The Balaban J connectivity index is 1.95. The average molecular weight is 554 g/mol. The van der Waals surface area contributed by atoms with Gasteiger partial charge in [0.25, 0.3) is 10.0 Å². The zero-order valence-electron chi connectivity index (χ0n) is 22.4. The molecule has 2 amide bonds. The summed E-state index contributed by atoms with van der Waals surface area (Å²) >= 11 is 0. The summed E-state index contributed by atoms with van der Waals surface area (Å²) in [6, 6.07) is 21.6. The third-order valence-corrected chi connectivity index (χ3v) is 8.21. The Kier molecular flexibility index (Phi) is 11.0. The molecule has 0 aliphatic carbocycles. The molecule has 3 rings (SSSR count). The summed E-state index contributed by atoms with van der Waals surface area (Å²) in [5, 5.41) is 2.91. The van der Waals surface area contributed by atoms with Crippen LogP contribution in [-0.4, -0.2) is 50.8 Å². The fraction of sp³-hybridized carbons (Fsp3) is 0.333. The van der Waals surface area contributed by atoms with E-state index < -0.39 is 34.3 Å². The Bertz CT molecular complexity index is 1300. The highest BCUT2D eigenvalue weighted by atomic mass is 32.2. The molecule has 208 valence electrons. The molecule has 0 fully saturated rings. The first-order valence-electron chi connectivity index (χ1n) is 13.2. The van der Waals surface area contributed by atoms with Crippen LogP contribution in [0, 0.1) is 5.82 Å².